The van der Waals surface area contributed by atoms with Gasteiger partial charge in [-0.3, -0.25) is 0 Å². The number of nitrogens with zero attached hydrogens (tertiary/aromatic N) is 3. The topological polar surface area (TPSA) is 116 Å². The number of hydrogen-bond donors (Lipinski definition) is 1. The van der Waals surface area contributed by atoms with Gasteiger partial charge in [-0.25, -0.2) is 21.6 Å². The molecule has 1 aliphatic rings. The predicted molar refractivity (Wildman–Crippen MR) is 160 cm³/mol. The van der Waals surface area contributed by atoms with Gasteiger partial charge in [0.15, 0.2) is 0 Å². The van der Waals surface area contributed by atoms with Gasteiger partial charge in [-0.2, -0.15) is 8.61 Å². The second kappa shape index (κ2) is 14.1. The number of carbonyl (C=O) groups is 1. The van der Waals surface area contributed by atoms with E-state index >= 15 is 0 Å². The number of benzene rings is 2. The Morgan fingerprint density at radius 3 is 1.68 bits per heavy atom. The SMILES string of the molecule is Cc1ccc(S(=O)(=O)N2CCCN(C(=O)OC(C)(C)C)CCN(S(=O)(=O)c3ccc(C)cc3)CCCNCC2)cc1. The molecule has 1 aliphatic heterocycles. The molecule has 0 atom stereocenters. The minimum atomic E-state index is -3.79. The molecule has 0 aliphatic carbocycles. The molecule has 1 heterocycles. The number of rotatable bonds is 4. The summed E-state index contributed by atoms with van der Waals surface area (Å²) in [7, 11) is -7.53. The first-order valence-electron chi connectivity index (χ1n) is 14.0. The van der Waals surface area contributed by atoms with Gasteiger partial charge in [0.2, 0.25) is 20.0 Å². The Morgan fingerprint density at radius 1 is 0.683 bits per heavy atom. The molecule has 3 rings (SSSR count). The molecule has 0 radical (unpaired) electrons. The van der Waals surface area contributed by atoms with Gasteiger partial charge >= 0.3 is 6.09 Å². The van der Waals surface area contributed by atoms with Crippen molar-refractivity contribution in [2.45, 2.75) is 62.9 Å². The fourth-order valence-corrected chi connectivity index (χ4v) is 7.37. The van der Waals surface area contributed by atoms with Crippen molar-refractivity contribution in [3.05, 3.63) is 59.7 Å². The summed E-state index contributed by atoms with van der Waals surface area (Å²) in [6, 6.07) is 13.5. The van der Waals surface area contributed by atoms with Crippen LogP contribution in [-0.4, -0.2) is 94.4 Å². The molecular formula is C29H44N4O6S2. The van der Waals surface area contributed by atoms with E-state index in [-0.39, 0.29) is 49.1 Å². The van der Waals surface area contributed by atoms with Crippen molar-refractivity contribution in [3.8, 4) is 0 Å². The Bertz CT molecular complexity index is 1360. The van der Waals surface area contributed by atoms with Crippen LogP contribution in [0.2, 0.25) is 0 Å². The van der Waals surface area contributed by atoms with Crippen molar-refractivity contribution >= 4 is 26.1 Å². The zero-order valence-electron chi connectivity index (χ0n) is 24.8. The highest BCUT2D eigenvalue weighted by Gasteiger charge is 2.29. The molecule has 10 nitrogen and oxygen atoms in total. The van der Waals surface area contributed by atoms with Gasteiger partial charge in [-0.15, -0.1) is 0 Å². The summed E-state index contributed by atoms with van der Waals surface area (Å²) in [5.41, 5.74) is 1.19. The van der Waals surface area contributed by atoms with Crippen molar-refractivity contribution in [1.29, 1.82) is 0 Å². The highest BCUT2D eigenvalue weighted by molar-refractivity contribution is 7.89. The second-order valence-corrected chi connectivity index (χ2v) is 15.2. The molecule has 1 amide bonds. The molecule has 41 heavy (non-hydrogen) atoms. The second-order valence-electron chi connectivity index (χ2n) is 11.4. The Hall–Kier alpha value is -2.51. The molecule has 0 spiro atoms. The average molecular weight is 609 g/mol. The van der Waals surface area contributed by atoms with Gasteiger partial charge in [-0.1, -0.05) is 35.4 Å². The van der Waals surface area contributed by atoms with Crippen LogP contribution in [0.15, 0.2) is 58.3 Å². The first-order chi connectivity index (χ1) is 19.2. The zero-order valence-corrected chi connectivity index (χ0v) is 26.4. The predicted octanol–water partition coefficient (Wildman–Crippen LogP) is 3.61. The number of amides is 1. The van der Waals surface area contributed by atoms with Gasteiger partial charge in [0.05, 0.1) is 9.79 Å². The summed E-state index contributed by atoms with van der Waals surface area (Å²) in [6.45, 7) is 11.1. The van der Waals surface area contributed by atoms with E-state index in [0.29, 0.717) is 25.9 Å². The van der Waals surface area contributed by atoms with Crippen molar-refractivity contribution in [2.24, 2.45) is 0 Å². The molecule has 12 heteroatoms. The summed E-state index contributed by atoms with van der Waals surface area (Å²) < 4.78 is 62.5. The normalized spacial score (nSPS) is 18.0. The van der Waals surface area contributed by atoms with E-state index in [9.17, 15) is 21.6 Å². The lowest BCUT2D eigenvalue weighted by molar-refractivity contribution is 0.0238. The lowest BCUT2D eigenvalue weighted by Crippen LogP contribution is -2.45. The summed E-state index contributed by atoms with van der Waals surface area (Å²) in [5, 5.41) is 3.26. The van der Waals surface area contributed by atoms with Crippen LogP contribution in [0, 0.1) is 13.8 Å². The lowest BCUT2D eigenvalue weighted by atomic mass is 10.2. The molecule has 0 bridgehead atoms. The number of nitrogens with one attached hydrogen (secondary N) is 1. The van der Waals surface area contributed by atoms with E-state index in [0.717, 1.165) is 11.1 Å². The van der Waals surface area contributed by atoms with E-state index in [1.54, 1.807) is 69.3 Å². The van der Waals surface area contributed by atoms with Crippen LogP contribution in [0.4, 0.5) is 4.79 Å². The number of hydrogen-bond acceptors (Lipinski definition) is 7. The molecule has 0 aromatic heterocycles. The maximum atomic E-state index is 13.6. The molecule has 1 fully saturated rings. The summed E-state index contributed by atoms with van der Waals surface area (Å²) in [5.74, 6) is 0. The van der Waals surface area contributed by atoms with Crippen molar-refractivity contribution < 1.29 is 26.4 Å². The smallest absolute Gasteiger partial charge is 0.410 e. The first-order valence-corrected chi connectivity index (χ1v) is 16.9. The Kier molecular flexibility index (Phi) is 11.4. The Morgan fingerprint density at radius 2 is 1.17 bits per heavy atom. The lowest BCUT2D eigenvalue weighted by Gasteiger charge is -2.31. The van der Waals surface area contributed by atoms with E-state index in [4.69, 9.17) is 4.74 Å². The van der Waals surface area contributed by atoms with Gasteiger partial charge in [-0.05, 0) is 78.3 Å². The maximum absolute atomic E-state index is 13.6. The molecule has 1 saturated heterocycles. The van der Waals surface area contributed by atoms with Crippen molar-refractivity contribution in [2.75, 3.05) is 52.4 Å². The fourth-order valence-electron chi connectivity index (χ4n) is 4.42. The highest BCUT2D eigenvalue weighted by atomic mass is 32.2. The number of aryl methyl sites for hydroxylation is 2. The Balaban J connectivity index is 1.84. The molecule has 0 unspecified atom stereocenters. The van der Waals surface area contributed by atoms with Gasteiger partial charge in [0.1, 0.15) is 5.60 Å². The number of ether oxygens (including phenoxy) is 1. The van der Waals surface area contributed by atoms with E-state index in [2.05, 4.69) is 5.32 Å². The molecule has 0 saturated carbocycles. The van der Waals surface area contributed by atoms with Crippen LogP contribution in [0.3, 0.4) is 0 Å². The van der Waals surface area contributed by atoms with Gasteiger partial charge in [0, 0.05) is 45.8 Å². The van der Waals surface area contributed by atoms with Crippen LogP contribution in [0.1, 0.15) is 44.7 Å². The van der Waals surface area contributed by atoms with Crippen molar-refractivity contribution in [1.82, 2.24) is 18.8 Å². The maximum Gasteiger partial charge on any atom is 0.410 e. The fraction of sp³-hybridized carbons (Fsp3) is 0.552. The average Bonchev–Trinajstić information content (AvgIpc) is 2.88. The van der Waals surface area contributed by atoms with Crippen molar-refractivity contribution in [3.63, 3.8) is 0 Å². The van der Waals surface area contributed by atoms with Crippen LogP contribution in [0.25, 0.3) is 0 Å². The Labute approximate surface area is 245 Å². The van der Waals surface area contributed by atoms with E-state index in [1.165, 1.54) is 13.5 Å². The monoisotopic (exact) mass is 608 g/mol. The summed E-state index contributed by atoms with van der Waals surface area (Å²) in [4.78, 5) is 15.1. The third-order valence-corrected chi connectivity index (χ3v) is 10.5. The van der Waals surface area contributed by atoms with Crippen LogP contribution in [-0.2, 0) is 24.8 Å². The molecule has 228 valence electrons. The third-order valence-electron chi connectivity index (χ3n) is 6.72. The van der Waals surface area contributed by atoms with Crippen LogP contribution >= 0.6 is 0 Å². The van der Waals surface area contributed by atoms with Crippen LogP contribution < -0.4 is 5.32 Å². The third kappa shape index (κ3) is 9.50. The number of carbonyl (C=O) groups excluding carboxylic acids is 1. The molecule has 2 aromatic carbocycles. The minimum absolute atomic E-state index is 0.0842. The molecular weight excluding hydrogens is 564 g/mol. The minimum Gasteiger partial charge on any atom is -0.444 e. The zero-order chi connectivity index (χ0) is 30.3. The standard InChI is InChI=1S/C29H44N4O6S2/c1-24-8-12-26(13-9-24)40(35,36)32-20-7-18-31(28(34)39-29(3,4)5)22-23-33(19-6-16-30-17-21-32)41(37,38)27-14-10-25(2)11-15-27/h8-15,30H,6-7,16-23H2,1-5H3. The summed E-state index contributed by atoms with van der Waals surface area (Å²) >= 11 is 0. The largest absolute Gasteiger partial charge is 0.444 e. The molecule has 2 aromatic rings. The molecule has 1 N–H and O–H groups in total. The van der Waals surface area contributed by atoms with Crippen LogP contribution in [0.5, 0.6) is 0 Å². The quantitative estimate of drug-likeness (QED) is 0.564. The van der Waals surface area contributed by atoms with Gasteiger partial charge in [0.25, 0.3) is 0 Å². The highest BCUT2D eigenvalue weighted by Crippen LogP contribution is 2.19. The van der Waals surface area contributed by atoms with Gasteiger partial charge < -0.3 is 15.0 Å². The first kappa shape index (κ1) is 33.0. The summed E-state index contributed by atoms with van der Waals surface area (Å²) in [6.07, 6.45) is 0.309. The van der Waals surface area contributed by atoms with E-state index in [1.807, 2.05) is 13.8 Å². The number of sulfonamides is 2. The van der Waals surface area contributed by atoms with E-state index < -0.39 is 31.7 Å².